The van der Waals surface area contributed by atoms with Gasteiger partial charge in [-0.3, -0.25) is 4.79 Å². The monoisotopic (exact) mass is 254 g/mol. The molecule has 0 aliphatic heterocycles. The minimum Gasteiger partial charge on any atom is -0.465 e. The zero-order valence-electron chi connectivity index (χ0n) is 10.6. The van der Waals surface area contributed by atoms with Crippen LogP contribution in [0.5, 0.6) is 0 Å². The lowest BCUT2D eigenvalue weighted by Gasteiger charge is -2.03. The quantitative estimate of drug-likeness (QED) is 0.488. The van der Waals surface area contributed by atoms with Crippen molar-refractivity contribution in [1.29, 1.82) is 0 Å². The second kappa shape index (κ2) is 9.23. The van der Waals surface area contributed by atoms with Gasteiger partial charge in [-0.1, -0.05) is 45.1 Å². The minimum absolute atomic E-state index is 0.0963. The third-order valence-electron chi connectivity index (χ3n) is 2.66. The summed E-state index contributed by atoms with van der Waals surface area (Å²) in [5, 5.41) is 1.98. The largest absolute Gasteiger partial charge is 0.465 e. The number of ether oxygens (including phenoxy) is 1. The highest BCUT2D eigenvalue weighted by Gasteiger charge is 2.04. The van der Waals surface area contributed by atoms with Crippen LogP contribution in [-0.2, 0) is 16.0 Å². The summed E-state index contributed by atoms with van der Waals surface area (Å²) < 4.78 is 5.19. The lowest BCUT2D eigenvalue weighted by atomic mass is 10.1. The Hall–Kier alpha value is -0.830. The van der Waals surface area contributed by atoms with Crippen molar-refractivity contribution in [3.8, 4) is 0 Å². The highest BCUT2D eigenvalue weighted by atomic mass is 32.1. The van der Waals surface area contributed by atoms with Crippen LogP contribution in [0.15, 0.2) is 17.5 Å². The van der Waals surface area contributed by atoms with Gasteiger partial charge in [0, 0.05) is 4.88 Å². The standard InChI is InChI=1S/C14H22O2S/c1-2-3-4-5-6-7-10-16-14(15)12-13-9-8-11-17-13/h8-9,11H,2-7,10,12H2,1H3. The lowest BCUT2D eigenvalue weighted by molar-refractivity contribution is -0.142. The van der Waals surface area contributed by atoms with E-state index in [1.807, 2.05) is 17.5 Å². The van der Waals surface area contributed by atoms with Crippen LogP contribution in [0.4, 0.5) is 0 Å². The fraction of sp³-hybridized carbons (Fsp3) is 0.643. The van der Waals surface area contributed by atoms with E-state index in [1.54, 1.807) is 11.3 Å². The molecule has 0 amide bonds. The van der Waals surface area contributed by atoms with E-state index < -0.39 is 0 Å². The normalized spacial score (nSPS) is 10.4. The van der Waals surface area contributed by atoms with Crippen LogP contribution < -0.4 is 0 Å². The summed E-state index contributed by atoms with van der Waals surface area (Å²) in [5.41, 5.74) is 0. The molecule has 0 aliphatic rings. The van der Waals surface area contributed by atoms with Gasteiger partial charge in [0.05, 0.1) is 13.0 Å². The molecule has 0 atom stereocenters. The fourth-order valence-corrected chi connectivity index (χ4v) is 2.37. The first-order chi connectivity index (χ1) is 8.33. The maximum atomic E-state index is 11.4. The Kier molecular flexibility index (Phi) is 7.72. The SMILES string of the molecule is CCCCCCCCOC(=O)Cc1cccs1. The Balaban J connectivity index is 1.94. The number of carbonyl (C=O) groups is 1. The molecule has 1 rings (SSSR count). The highest BCUT2D eigenvalue weighted by molar-refractivity contribution is 7.10. The van der Waals surface area contributed by atoms with Crippen molar-refractivity contribution in [3.05, 3.63) is 22.4 Å². The predicted molar refractivity (Wildman–Crippen MR) is 72.4 cm³/mol. The molecule has 3 heteroatoms. The van der Waals surface area contributed by atoms with Crippen LogP contribution in [0.25, 0.3) is 0 Å². The molecule has 0 aliphatic carbocycles. The molecular formula is C14H22O2S. The van der Waals surface area contributed by atoms with Crippen molar-refractivity contribution in [2.45, 2.75) is 51.9 Å². The molecule has 0 saturated carbocycles. The second-order valence-corrected chi connectivity index (χ2v) is 5.28. The van der Waals surface area contributed by atoms with Gasteiger partial charge in [0.1, 0.15) is 0 Å². The van der Waals surface area contributed by atoms with Crippen LogP contribution in [0, 0.1) is 0 Å². The Morgan fingerprint density at radius 2 is 2.00 bits per heavy atom. The van der Waals surface area contributed by atoms with E-state index in [4.69, 9.17) is 4.74 Å². The number of unbranched alkanes of at least 4 members (excludes halogenated alkanes) is 5. The molecule has 2 nitrogen and oxygen atoms in total. The molecule has 1 aromatic heterocycles. The maximum absolute atomic E-state index is 11.4. The van der Waals surface area contributed by atoms with Crippen LogP contribution in [-0.4, -0.2) is 12.6 Å². The van der Waals surface area contributed by atoms with Crippen LogP contribution in [0.1, 0.15) is 50.3 Å². The topological polar surface area (TPSA) is 26.3 Å². The summed E-state index contributed by atoms with van der Waals surface area (Å²) in [6, 6.07) is 3.93. The lowest BCUT2D eigenvalue weighted by Crippen LogP contribution is -2.08. The summed E-state index contributed by atoms with van der Waals surface area (Å²) in [5.74, 6) is -0.0963. The number of rotatable bonds is 9. The Labute approximate surface area is 108 Å². The molecule has 1 aromatic rings. The van der Waals surface area contributed by atoms with E-state index in [-0.39, 0.29) is 5.97 Å². The fourth-order valence-electron chi connectivity index (χ4n) is 1.67. The number of esters is 1. The van der Waals surface area contributed by atoms with Gasteiger partial charge in [-0.2, -0.15) is 0 Å². The van der Waals surface area contributed by atoms with Gasteiger partial charge in [-0.15, -0.1) is 11.3 Å². The van der Waals surface area contributed by atoms with Crippen molar-refractivity contribution in [2.24, 2.45) is 0 Å². The third-order valence-corrected chi connectivity index (χ3v) is 3.54. The van der Waals surface area contributed by atoms with E-state index in [9.17, 15) is 4.79 Å². The van der Waals surface area contributed by atoms with Crippen molar-refractivity contribution < 1.29 is 9.53 Å². The molecule has 0 spiro atoms. The summed E-state index contributed by atoms with van der Waals surface area (Å²) in [6.45, 7) is 2.79. The number of hydrogen-bond donors (Lipinski definition) is 0. The van der Waals surface area contributed by atoms with Gasteiger partial charge in [-0.25, -0.2) is 0 Å². The average Bonchev–Trinajstić information content (AvgIpc) is 2.80. The van der Waals surface area contributed by atoms with E-state index in [1.165, 1.54) is 32.1 Å². The molecule has 0 aromatic carbocycles. The van der Waals surface area contributed by atoms with Gasteiger partial charge in [-0.05, 0) is 17.9 Å². The summed E-state index contributed by atoms with van der Waals surface area (Å²) in [6.07, 6.45) is 7.75. The Morgan fingerprint density at radius 1 is 1.24 bits per heavy atom. The minimum atomic E-state index is -0.0963. The summed E-state index contributed by atoms with van der Waals surface area (Å²) in [4.78, 5) is 12.5. The zero-order chi connectivity index (χ0) is 12.3. The van der Waals surface area contributed by atoms with E-state index >= 15 is 0 Å². The van der Waals surface area contributed by atoms with Gasteiger partial charge >= 0.3 is 5.97 Å². The summed E-state index contributed by atoms with van der Waals surface area (Å²) >= 11 is 1.60. The van der Waals surface area contributed by atoms with E-state index in [0.717, 1.165) is 11.3 Å². The first kappa shape index (κ1) is 14.2. The predicted octanol–water partition coefficient (Wildman–Crippen LogP) is 4.19. The number of hydrogen-bond acceptors (Lipinski definition) is 3. The molecule has 0 N–H and O–H groups in total. The van der Waals surface area contributed by atoms with Crippen LogP contribution >= 0.6 is 11.3 Å². The van der Waals surface area contributed by atoms with E-state index in [0.29, 0.717) is 13.0 Å². The molecular weight excluding hydrogens is 232 g/mol. The molecule has 96 valence electrons. The Bertz CT molecular complexity index is 293. The van der Waals surface area contributed by atoms with Gasteiger partial charge in [0.15, 0.2) is 0 Å². The van der Waals surface area contributed by atoms with E-state index in [2.05, 4.69) is 6.92 Å². The molecule has 0 radical (unpaired) electrons. The van der Waals surface area contributed by atoms with Crippen molar-refractivity contribution in [3.63, 3.8) is 0 Å². The molecule has 1 heterocycles. The smallest absolute Gasteiger partial charge is 0.311 e. The van der Waals surface area contributed by atoms with Gasteiger partial charge in [0.25, 0.3) is 0 Å². The highest BCUT2D eigenvalue weighted by Crippen LogP contribution is 2.10. The Morgan fingerprint density at radius 3 is 2.71 bits per heavy atom. The summed E-state index contributed by atoms with van der Waals surface area (Å²) in [7, 11) is 0. The maximum Gasteiger partial charge on any atom is 0.311 e. The molecule has 17 heavy (non-hydrogen) atoms. The molecule has 0 saturated heterocycles. The van der Waals surface area contributed by atoms with Crippen molar-refractivity contribution in [2.75, 3.05) is 6.61 Å². The van der Waals surface area contributed by atoms with Crippen molar-refractivity contribution in [1.82, 2.24) is 0 Å². The third kappa shape index (κ3) is 7.16. The first-order valence-corrected chi connectivity index (χ1v) is 7.39. The van der Waals surface area contributed by atoms with Crippen LogP contribution in [0.3, 0.4) is 0 Å². The van der Waals surface area contributed by atoms with Crippen molar-refractivity contribution >= 4 is 17.3 Å². The van der Waals surface area contributed by atoms with Gasteiger partial charge in [0.2, 0.25) is 0 Å². The second-order valence-electron chi connectivity index (χ2n) is 4.24. The average molecular weight is 254 g/mol. The zero-order valence-corrected chi connectivity index (χ0v) is 11.4. The molecule has 0 bridgehead atoms. The molecule has 0 fully saturated rings. The van der Waals surface area contributed by atoms with Crippen LogP contribution in [0.2, 0.25) is 0 Å². The number of thiophene rings is 1. The number of carbonyl (C=O) groups excluding carboxylic acids is 1. The van der Waals surface area contributed by atoms with Gasteiger partial charge < -0.3 is 4.74 Å². The molecule has 0 unspecified atom stereocenters. The first-order valence-electron chi connectivity index (χ1n) is 6.51.